The number of carbonyl (C=O) groups is 2. The molecule has 0 radical (unpaired) electrons. The van der Waals surface area contributed by atoms with Gasteiger partial charge in [-0.3, -0.25) is 9.59 Å². The second kappa shape index (κ2) is 5.03. The summed E-state index contributed by atoms with van der Waals surface area (Å²) in [7, 11) is 0. The summed E-state index contributed by atoms with van der Waals surface area (Å²) in [5, 5.41) is 2.84. The van der Waals surface area contributed by atoms with Crippen LogP contribution in [0.25, 0.3) is 0 Å². The lowest BCUT2D eigenvalue weighted by atomic mass is 10.1. The minimum absolute atomic E-state index is 0.00194. The van der Waals surface area contributed by atoms with E-state index < -0.39 is 0 Å². The number of rotatable bonds is 1. The molecule has 1 atom stereocenters. The summed E-state index contributed by atoms with van der Waals surface area (Å²) in [4.78, 5) is 29.9. The molecule has 0 aromatic carbocycles. The second-order valence-electron chi connectivity index (χ2n) is 5.20. The average molecular weight is 262 g/mol. The molecule has 1 unspecified atom stereocenters. The van der Waals surface area contributed by atoms with E-state index in [0.717, 1.165) is 31.5 Å². The zero-order valence-electron chi connectivity index (χ0n) is 10.8. The first-order valence-corrected chi connectivity index (χ1v) is 6.81. The normalized spacial score (nSPS) is 23.5. The predicted octanol–water partition coefficient (Wildman–Crippen LogP) is 0.284. The molecule has 3 rings (SSSR count). The van der Waals surface area contributed by atoms with Gasteiger partial charge in [0.2, 0.25) is 11.8 Å². The highest BCUT2D eigenvalue weighted by atomic mass is 16.2. The number of nitrogens with zero attached hydrogens (tertiary/aromatic N) is 3. The van der Waals surface area contributed by atoms with Crippen LogP contribution in [0, 0.1) is 0 Å². The Bertz CT molecular complexity index is 497. The molecule has 102 valence electrons. The fourth-order valence-corrected chi connectivity index (χ4v) is 2.75. The molecule has 0 saturated carbocycles. The van der Waals surface area contributed by atoms with Gasteiger partial charge in [0.25, 0.3) is 0 Å². The first-order valence-electron chi connectivity index (χ1n) is 6.81. The Morgan fingerprint density at radius 3 is 3.16 bits per heavy atom. The highest BCUT2D eigenvalue weighted by Gasteiger charge is 2.29. The van der Waals surface area contributed by atoms with E-state index in [1.165, 1.54) is 0 Å². The van der Waals surface area contributed by atoms with Gasteiger partial charge in [-0.25, -0.2) is 4.98 Å². The first-order chi connectivity index (χ1) is 9.24. The Morgan fingerprint density at radius 2 is 2.26 bits per heavy atom. The van der Waals surface area contributed by atoms with Crippen molar-refractivity contribution in [2.45, 2.75) is 44.8 Å². The van der Waals surface area contributed by atoms with Gasteiger partial charge < -0.3 is 14.8 Å². The molecule has 1 aromatic rings. The summed E-state index contributed by atoms with van der Waals surface area (Å²) in [6.07, 6.45) is 6.69. The standard InChI is InChI=1S/C13H18N4O2/c18-12-4-2-1-3-11(15-12)13(19)16-5-6-17-9-14-7-10(17)8-16/h7,9,11H,1-6,8H2,(H,15,18). The molecule has 0 aliphatic carbocycles. The Morgan fingerprint density at radius 1 is 1.37 bits per heavy atom. The van der Waals surface area contributed by atoms with Gasteiger partial charge in [0.15, 0.2) is 0 Å². The van der Waals surface area contributed by atoms with Crippen LogP contribution < -0.4 is 5.32 Å². The Labute approximate surface area is 111 Å². The molecule has 6 nitrogen and oxygen atoms in total. The van der Waals surface area contributed by atoms with Crippen LogP contribution >= 0.6 is 0 Å². The van der Waals surface area contributed by atoms with Crippen LogP contribution in [0.15, 0.2) is 12.5 Å². The highest BCUT2D eigenvalue weighted by Crippen LogP contribution is 2.16. The van der Waals surface area contributed by atoms with Gasteiger partial charge in [0.1, 0.15) is 6.04 Å². The van der Waals surface area contributed by atoms with E-state index in [9.17, 15) is 9.59 Å². The molecular weight excluding hydrogens is 244 g/mol. The molecule has 0 bridgehead atoms. The predicted molar refractivity (Wildman–Crippen MR) is 68.0 cm³/mol. The maximum Gasteiger partial charge on any atom is 0.245 e. The Balaban J connectivity index is 1.69. The number of imidazole rings is 1. The van der Waals surface area contributed by atoms with Gasteiger partial charge in [-0.2, -0.15) is 0 Å². The number of hydrogen-bond acceptors (Lipinski definition) is 3. The molecule has 1 saturated heterocycles. The lowest BCUT2D eigenvalue weighted by molar-refractivity contribution is -0.137. The SMILES string of the molecule is O=C1CCCCC(C(=O)N2CCn3cncc3C2)N1. The molecule has 1 aromatic heterocycles. The van der Waals surface area contributed by atoms with Crippen molar-refractivity contribution in [3.05, 3.63) is 18.2 Å². The van der Waals surface area contributed by atoms with E-state index in [0.29, 0.717) is 19.5 Å². The van der Waals surface area contributed by atoms with Crippen LogP contribution in [0.2, 0.25) is 0 Å². The van der Waals surface area contributed by atoms with Crippen molar-refractivity contribution in [3.8, 4) is 0 Å². The van der Waals surface area contributed by atoms with E-state index in [1.807, 2.05) is 4.90 Å². The highest BCUT2D eigenvalue weighted by molar-refractivity contribution is 5.88. The summed E-state index contributed by atoms with van der Waals surface area (Å²) in [6, 6.07) is -0.343. The van der Waals surface area contributed by atoms with E-state index in [4.69, 9.17) is 0 Å². The van der Waals surface area contributed by atoms with Crippen molar-refractivity contribution in [2.75, 3.05) is 6.54 Å². The number of carbonyl (C=O) groups excluding carboxylic acids is 2. The summed E-state index contributed by atoms with van der Waals surface area (Å²) in [6.45, 7) is 2.06. The number of amides is 2. The van der Waals surface area contributed by atoms with Crippen molar-refractivity contribution in [2.24, 2.45) is 0 Å². The number of hydrogen-bond donors (Lipinski definition) is 1. The molecule has 2 aliphatic heterocycles. The van der Waals surface area contributed by atoms with Gasteiger partial charge in [-0.05, 0) is 12.8 Å². The van der Waals surface area contributed by atoms with Crippen LogP contribution in [-0.2, 0) is 22.7 Å². The minimum atomic E-state index is -0.343. The molecular formula is C13H18N4O2. The Hall–Kier alpha value is -1.85. The van der Waals surface area contributed by atoms with Gasteiger partial charge in [-0.15, -0.1) is 0 Å². The van der Waals surface area contributed by atoms with Crippen LogP contribution in [0.5, 0.6) is 0 Å². The second-order valence-corrected chi connectivity index (χ2v) is 5.20. The molecule has 0 spiro atoms. The summed E-state index contributed by atoms with van der Waals surface area (Å²) in [5.74, 6) is 0.0422. The van der Waals surface area contributed by atoms with Gasteiger partial charge in [-0.1, -0.05) is 6.42 Å². The maximum atomic E-state index is 12.5. The number of aromatic nitrogens is 2. The lowest BCUT2D eigenvalue weighted by Gasteiger charge is -2.31. The zero-order chi connectivity index (χ0) is 13.2. The van der Waals surface area contributed by atoms with Crippen LogP contribution in [-0.4, -0.2) is 38.9 Å². The topological polar surface area (TPSA) is 67.2 Å². The smallest absolute Gasteiger partial charge is 0.245 e. The van der Waals surface area contributed by atoms with Gasteiger partial charge in [0, 0.05) is 25.7 Å². The molecule has 3 heterocycles. The summed E-state index contributed by atoms with van der Waals surface area (Å²) in [5.41, 5.74) is 1.06. The minimum Gasteiger partial charge on any atom is -0.344 e. The van der Waals surface area contributed by atoms with E-state index in [-0.39, 0.29) is 17.9 Å². The van der Waals surface area contributed by atoms with E-state index >= 15 is 0 Å². The molecule has 2 amide bonds. The van der Waals surface area contributed by atoms with E-state index in [2.05, 4.69) is 14.9 Å². The van der Waals surface area contributed by atoms with Gasteiger partial charge in [0.05, 0.1) is 18.6 Å². The molecule has 6 heteroatoms. The largest absolute Gasteiger partial charge is 0.344 e. The molecule has 1 fully saturated rings. The van der Waals surface area contributed by atoms with Crippen molar-refractivity contribution < 1.29 is 9.59 Å². The third kappa shape index (κ3) is 2.47. The lowest BCUT2D eigenvalue weighted by Crippen LogP contribution is -2.49. The monoisotopic (exact) mass is 262 g/mol. The quantitative estimate of drug-likeness (QED) is 0.790. The fraction of sp³-hybridized carbons (Fsp3) is 0.615. The Kier molecular flexibility index (Phi) is 3.23. The molecule has 1 N–H and O–H groups in total. The average Bonchev–Trinajstić information content (AvgIpc) is 2.78. The van der Waals surface area contributed by atoms with Gasteiger partial charge >= 0.3 is 0 Å². The van der Waals surface area contributed by atoms with Crippen LogP contribution in [0.4, 0.5) is 0 Å². The van der Waals surface area contributed by atoms with Crippen molar-refractivity contribution in [3.63, 3.8) is 0 Å². The van der Waals surface area contributed by atoms with E-state index in [1.54, 1.807) is 12.5 Å². The fourth-order valence-electron chi connectivity index (χ4n) is 2.75. The van der Waals surface area contributed by atoms with Crippen LogP contribution in [0.1, 0.15) is 31.4 Å². The van der Waals surface area contributed by atoms with Crippen molar-refractivity contribution >= 4 is 11.8 Å². The maximum absolute atomic E-state index is 12.5. The first kappa shape index (κ1) is 12.2. The molecule has 19 heavy (non-hydrogen) atoms. The summed E-state index contributed by atoms with van der Waals surface area (Å²) >= 11 is 0. The molecule has 2 aliphatic rings. The number of nitrogens with one attached hydrogen (secondary N) is 1. The zero-order valence-corrected chi connectivity index (χ0v) is 10.8. The number of fused-ring (bicyclic) bond motifs is 1. The van der Waals surface area contributed by atoms with Crippen LogP contribution in [0.3, 0.4) is 0 Å². The third-order valence-electron chi connectivity index (χ3n) is 3.85. The van der Waals surface area contributed by atoms with Crippen molar-refractivity contribution in [1.82, 2.24) is 19.8 Å². The summed E-state index contributed by atoms with van der Waals surface area (Å²) < 4.78 is 2.06. The third-order valence-corrected chi connectivity index (χ3v) is 3.85. The van der Waals surface area contributed by atoms with Crippen molar-refractivity contribution in [1.29, 1.82) is 0 Å².